The fourth-order valence-corrected chi connectivity index (χ4v) is 1.16. The third kappa shape index (κ3) is 2.29. The zero-order chi connectivity index (χ0) is 10.8. The number of ether oxygens (including phenoxy) is 1. The Balaban J connectivity index is 3.22. The van der Waals surface area contributed by atoms with Crippen molar-refractivity contribution in [3.63, 3.8) is 0 Å². The second-order valence-electron chi connectivity index (χ2n) is 2.52. The molecule has 1 aromatic rings. The van der Waals surface area contributed by atoms with E-state index < -0.39 is 11.7 Å². The minimum Gasteiger partial charge on any atom is -0.481 e. The topological polar surface area (TPSA) is 22.1 Å². The summed E-state index contributed by atoms with van der Waals surface area (Å²) >= 11 is 5.35. The molecule has 1 rings (SSSR count). The van der Waals surface area contributed by atoms with Crippen LogP contribution in [0.4, 0.5) is 13.2 Å². The second kappa shape index (κ2) is 4.04. The summed E-state index contributed by atoms with van der Waals surface area (Å²) in [6.07, 6.45) is -3.37. The minimum absolute atomic E-state index is 0.0556. The number of nitrogens with zero attached hydrogens (tertiary/aromatic N) is 1. The Hall–Kier alpha value is -0.970. The lowest BCUT2D eigenvalue weighted by Gasteiger charge is -2.11. The summed E-state index contributed by atoms with van der Waals surface area (Å²) in [5.41, 5.74) is -0.862. The van der Waals surface area contributed by atoms with E-state index in [9.17, 15) is 13.2 Å². The monoisotopic (exact) mass is 225 g/mol. The maximum Gasteiger partial charge on any atom is 0.416 e. The first kappa shape index (κ1) is 11.1. The van der Waals surface area contributed by atoms with E-state index in [4.69, 9.17) is 11.6 Å². The first-order chi connectivity index (χ1) is 6.49. The lowest BCUT2D eigenvalue weighted by Crippen LogP contribution is -2.09. The van der Waals surface area contributed by atoms with Crippen molar-refractivity contribution in [1.82, 2.24) is 4.98 Å². The van der Waals surface area contributed by atoms with Gasteiger partial charge >= 0.3 is 6.18 Å². The maximum atomic E-state index is 12.4. The molecule has 2 nitrogen and oxygen atoms in total. The molecule has 1 heterocycles. The zero-order valence-electron chi connectivity index (χ0n) is 7.23. The number of aromatic nitrogens is 1. The van der Waals surface area contributed by atoms with Crippen LogP contribution in [-0.2, 0) is 12.1 Å². The van der Waals surface area contributed by atoms with Gasteiger partial charge in [0.1, 0.15) is 0 Å². The third-order valence-electron chi connectivity index (χ3n) is 1.62. The highest BCUT2D eigenvalue weighted by molar-refractivity contribution is 6.17. The van der Waals surface area contributed by atoms with E-state index in [0.29, 0.717) is 0 Å². The Morgan fingerprint density at radius 2 is 2.14 bits per heavy atom. The quantitative estimate of drug-likeness (QED) is 0.722. The number of methoxy groups -OCH3 is 1. The van der Waals surface area contributed by atoms with E-state index in [1.807, 2.05) is 0 Å². The van der Waals surface area contributed by atoms with E-state index in [2.05, 4.69) is 9.72 Å². The molecule has 6 heteroatoms. The number of hydrogen-bond donors (Lipinski definition) is 0. The van der Waals surface area contributed by atoms with Crippen molar-refractivity contribution in [2.24, 2.45) is 0 Å². The Kier molecular flexibility index (Phi) is 3.21. The minimum atomic E-state index is -4.43. The standard InChI is InChI=1S/C8H7ClF3NO/c1-14-7-2-6(8(10,11)12)5(3-9)4-13-7/h2,4H,3H2,1H3. The number of rotatable bonds is 2. The van der Waals surface area contributed by atoms with Crippen LogP contribution in [0.25, 0.3) is 0 Å². The van der Waals surface area contributed by atoms with Crippen molar-refractivity contribution in [2.75, 3.05) is 7.11 Å². The molecule has 0 aliphatic heterocycles. The van der Waals surface area contributed by atoms with Crippen molar-refractivity contribution in [2.45, 2.75) is 12.1 Å². The Morgan fingerprint density at radius 3 is 2.57 bits per heavy atom. The van der Waals surface area contributed by atoms with Crippen LogP contribution in [0.1, 0.15) is 11.1 Å². The molecular formula is C8H7ClF3NO. The number of halogens is 4. The van der Waals surface area contributed by atoms with Crippen molar-refractivity contribution >= 4 is 11.6 Å². The molecule has 1 aromatic heterocycles. The maximum absolute atomic E-state index is 12.4. The number of hydrogen-bond acceptors (Lipinski definition) is 2. The van der Waals surface area contributed by atoms with Gasteiger partial charge in [-0.2, -0.15) is 13.2 Å². The van der Waals surface area contributed by atoms with Crippen LogP contribution in [0.15, 0.2) is 12.3 Å². The van der Waals surface area contributed by atoms with Crippen LogP contribution in [0.2, 0.25) is 0 Å². The lowest BCUT2D eigenvalue weighted by molar-refractivity contribution is -0.138. The van der Waals surface area contributed by atoms with E-state index >= 15 is 0 Å². The average Bonchev–Trinajstić information content (AvgIpc) is 2.15. The molecule has 0 atom stereocenters. The predicted octanol–water partition coefficient (Wildman–Crippen LogP) is 2.85. The molecule has 0 bridgehead atoms. The van der Waals surface area contributed by atoms with Gasteiger partial charge in [0.15, 0.2) is 0 Å². The predicted molar refractivity (Wildman–Crippen MR) is 45.3 cm³/mol. The van der Waals surface area contributed by atoms with Crippen molar-refractivity contribution in [3.8, 4) is 5.88 Å². The van der Waals surface area contributed by atoms with E-state index in [1.54, 1.807) is 0 Å². The van der Waals surface area contributed by atoms with E-state index in [0.717, 1.165) is 12.3 Å². The highest BCUT2D eigenvalue weighted by Crippen LogP contribution is 2.33. The van der Waals surface area contributed by atoms with Gasteiger partial charge in [0.05, 0.1) is 12.7 Å². The van der Waals surface area contributed by atoms with Gasteiger partial charge in [0, 0.05) is 18.1 Å². The number of pyridine rings is 1. The summed E-state index contributed by atoms with van der Waals surface area (Å²) in [5, 5.41) is 0. The van der Waals surface area contributed by atoms with Gasteiger partial charge in [-0.3, -0.25) is 0 Å². The molecule has 0 aliphatic carbocycles. The van der Waals surface area contributed by atoms with E-state index in [-0.39, 0.29) is 17.3 Å². The van der Waals surface area contributed by atoms with Gasteiger partial charge in [0.2, 0.25) is 5.88 Å². The van der Waals surface area contributed by atoms with Crippen molar-refractivity contribution in [1.29, 1.82) is 0 Å². The zero-order valence-corrected chi connectivity index (χ0v) is 7.99. The fraction of sp³-hybridized carbons (Fsp3) is 0.375. The Labute approximate surface area is 83.7 Å². The average molecular weight is 226 g/mol. The van der Waals surface area contributed by atoms with Gasteiger partial charge in [0.25, 0.3) is 0 Å². The first-order valence-corrected chi connectivity index (χ1v) is 4.18. The summed E-state index contributed by atoms with van der Waals surface area (Å²) in [6, 6.07) is 0.831. The van der Waals surface area contributed by atoms with Gasteiger partial charge in [-0.25, -0.2) is 4.98 Å². The molecule has 14 heavy (non-hydrogen) atoms. The molecule has 0 unspecified atom stereocenters. The van der Waals surface area contributed by atoms with Crippen LogP contribution in [-0.4, -0.2) is 12.1 Å². The van der Waals surface area contributed by atoms with Crippen LogP contribution in [0.5, 0.6) is 5.88 Å². The van der Waals surface area contributed by atoms with Gasteiger partial charge in [-0.1, -0.05) is 0 Å². The molecule has 0 aromatic carbocycles. The van der Waals surface area contributed by atoms with E-state index in [1.165, 1.54) is 7.11 Å². The highest BCUT2D eigenvalue weighted by atomic mass is 35.5. The fourth-order valence-electron chi connectivity index (χ4n) is 0.947. The molecule has 0 spiro atoms. The Bertz CT molecular complexity index is 327. The van der Waals surface area contributed by atoms with Crippen LogP contribution in [0, 0.1) is 0 Å². The molecule has 0 radical (unpaired) electrons. The van der Waals surface area contributed by atoms with Crippen molar-refractivity contribution < 1.29 is 17.9 Å². The normalized spacial score (nSPS) is 11.5. The summed E-state index contributed by atoms with van der Waals surface area (Å²) in [6.45, 7) is 0. The van der Waals surface area contributed by atoms with Crippen LogP contribution < -0.4 is 4.74 Å². The third-order valence-corrected chi connectivity index (χ3v) is 1.91. The molecule has 0 saturated heterocycles. The number of alkyl halides is 4. The highest BCUT2D eigenvalue weighted by Gasteiger charge is 2.33. The van der Waals surface area contributed by atoms with Gasteiger partial charge in [-0.15, -0.1) is 11.6 Å². The molecule has 78 valence electrons. The van der Waals surface area contributed by atoms with Crippen LogP contribution >= 0.6 is 11.6 Å². The lowest BCUT2D eigenvalue weighted by atomic mass is 10.1. The molecule has 0 N–H and O–H groups in total. The smallest absolute Gasteiger partial charge is 0.416 e. The molecule has 0 amide bonds. The Morgan fingerprint density at radius 1 is 1.50 bits per heavy atom. The summed E-state index contributed by atoms with van der Waals surface area (Å²) in [7, 11) is 1.25. The molecular weight excluding hydrogens is 219 g/mol. The molecule has 0 aliphatic rings. The second-order valence-corrected chi connectivity index (χ2v) is 2.78. The van der Waals surface area contributed by atoms with Gasteiger partial charge in [-0.05, 0) is 5.56 Å². The first-order valence-electron chi connectivity index (χ1n) is 3.65. The summed E-state index contributed by atoms with van der Waals surface area (Å²) < 4.78 is 41.8. The molecule has 0 fully saturated rings. The summed E-state index contributed by atoms with van der Waals surface area (Å²) in [5.74, 6) is -0.308. The summed E-state index contributed by atoms with van der Waals surface area (Å²) in [4.78, 5) is 3.64. The van der Waals surface area contributed by atoms with Crippen LogP contribution in [0.3, 0.4) is 0 Å². The molecule has 0 saturated carbocycles. The largest absolute Gasteiger partial charge is 0.481 e. The van der Waals surface area contributed by atoms with Gasteiger partial charge < -0.3 is 4.74 Å². The SMILES string of the molecule is COc1cc(C(F)(F)F)c(CCl)cn1. The van der Waals surface area contributed by atoms with Crippen molar-refractivity contribution in [3.05, 3.63) is 23.4 Å².